The lowest BCUT2D eigenvalue weighted by Gasteiger charge is -2.36. The Morgan fingerprint density at radius 1 is 1.54 bits per heavy atom. The lowest BCUT2D eigenvalue weighted by atomic mass is 10.0. The van der Waals surface area contributed by atoms with Gasteiger partial charge < -0.3 is 10.6 Å². The van der Waals surface area contributed by atoms with E-state index in [9.17, 15) is 0 Å². The van der Waals surface area contributed by atoms with E-state index in [-0.39, 0.29) is 0 Å². The molecule has 0 spiro atoms. The van der Waals surface area contributed by atoms with E-state index in [0.29, 0.717) is 18.1 Å². The van der Waals surface area contributed by atoms with E-state index >= 15 is 0 Å². The van der Waals surface area contributed by atoms with Crippen molar-refractivity contribution < 1.29 is 0 Å². The molecule has 3 rings (SSSR count). The predicted octanol–water partition coefficient (Wildman–Crippen LogP) is 1.86. The molecule has 2 atom stereocenters. The molecule has 2 nitrogen and oxygen atoms in total. The number of nitrogens with zero attached hydrogens (tertiary/aromatic N) is 1. The average Bonchev–Trinajstić information content (AvgIpc) is 2.31. The lowest BCUT2D eigenvalue weighted by Crippen LogP contribution is -2.39. The lowest BCUT2D eigenvalue weighted by molar-refractivity contribution is 0.196. The van der Waals surface area contributed by atoms with Gasteiger partial charge in [0.25, 0.3) is 0 Å². The van der Waals surface area contributed by atoms with E-state index in [0.717, 1.165) is 6.42 Å². The quantitative estimate of drug-likeness (QED) is 0.667. The summed E-state index contributed by atoms with van der Waals surface area (Å²) in [7, 11) is 0. The Morgan fingerprint density at radius 2 is 2.31 bits per heavy atom. The molecule has 1 aliphatic carbocycles. The Kier molecular flexibility index (Phi) is 2.33. The minimum Gasteiger partial charge on any atom is -0.372 e. The first-order chi connectivity index (χ1) is 6.16. The Morgan fingerprint density at radius 3 is 3.00 bits per heavy atom. The number of fused-ring (bicyclic) bond motifs is 4. The van der Waals surface area contributed by atoms with E-state index in [1.165, 1.54) is 19.3 Å². The van der Waals surface area contributed by atoms with Gasteiger partial charge in [-0.25, -0.2) is 0 Å². The molecule has 2 unspecified atom stereocenters. The number of hydrogen-bond donors (Lipinski definition) is 1. The van der Waals surface area contributed by atoms with Gasteiger partial charge in [0, 0.05) is 18.1 Å². The number of rotatable bonds is 1. The maximum absolute atomic E-state index is 6.05. The van der Waals surface area contributed by atoms with Crippen LogP contribution in [0.5, 0.6) is 0 Å². The van der Waals surface area contributed by atoms with Crippen LogP contribution in [0.1, 0.15) is 39.5 Å². The Bertz CT molecular complexity index is 220. The molecule has 2 bridgehead atoms. The molecule has 0 radical (unpaired) electrons. The fraction of sp³-hybridized carbons (Fsp3) is 0.818. The fourth-order valence-corrected chi connectivity index (χ4v) is 2.62. The van der Waals surface area contributed by atoms with E-state index in [2.05, 4.69) is 24.9 Å². The second-order valence-corrected chi connectivity index (χ2v) is 4.72. The first kappa shape index (κ1) is 9.07. The van der Waals surface area contributed by atoms with Crippen LogP contribution >= 0.6 is 0 Å². The zero-order valence-corrected chi connectivity index (χ0v) is 8.66. The van der Waals surface area contributed by atoms with Gasteiger partial charge in [0.1, 0.15) is 0 Å². The van der Waals surface area contributed by atoms with Crippen molar-refractivity contribution in [1.82, 2.24) is 4.90 Å². The summed E-state index contributed by atoms with van der Waals surface area (Å²) in [4.78, 5) is 2.51. The van der Waals surface area contributed by atoms with Gasteiger partial charge >= 0.3 is 0 Å². The third-order valence-corrected chi connectivity index (χ3v) is 3.25. The van der Waals surface area contributed by atoms with Crippen molar-refractivity contribution in [2.75, 3.05) is 0 Å². The van der Waals surface area contributed by atoms with Gasteiger partial charge in [-0.15, -0.1) is 0 Å². The van der Waals surface area contributed by atoms with Crippen molar-refractivity contribution >= 4 is 0 Å². The van der Waals surface area contributed by atoms with Crippen molar-refractivity contribution in [3.8, 4) is 0 Å². The second-order valence-electron chi connectivity index (χ2n) is 4.72. The van der Waals surface area contributed by atoms with Crippen LogP contribution < -0.4 is 5.73 Å². The van der Waals surface area contributed by atoms with Gasteiger partial charge in [0.05, 0.1) is 0 Å². The van der Waals surface area contributed by atoms with Crippen molar-refractivity contribution in [2.45, 2.75) is 57.7 Å². The summed E-state index contributed by atoms with van der Waals surface area (Å²) in [5.41, 5.74) is 7.62. The molecule has 0 aromatic carbocycles. The van der Waals surface area contributed by atoms with Crippen LogP contribution in [-0.4, -0.2) is 23.0 Å². The molecule has 13 heavy (non-hydrogen) atoms. The maximum atomic E-state index is 6.05. The highest BCUT2D eigenvalue weighted by atomic mass is 15.2. The average molecular weight is 180 g/mol. The summed E-state index contributed by atoms with van der Waals surface area (Å²) in [5.74, 6) is 0. The third kappa shape index (κ3) is 1.73. The predicted molar refractivity (Wildman–Crippen MR) is 55.3 cm³/mol. The first-order valence-corrected chi connectivity index (χ1v) is 5.39. The summed E-state index contributed by atoms with van der Waals surface area (Å²) in [6.07, 6.45) is 7.27. The molecule has 0 saturated heterocycles. The van der Waals surface area contributed by atoms with Crippen molar-refractivity contribution in [1.29, 1.82) is 0 Å². The largest absolute Gasteiger partial charge is 0.372 e. The smallest absolute Gasteiger partial charge is 0.0305 e. The molecule has 2 heterocycles. The number of hydrogen-bond acceptors (Lipinski definition) is 2. The van der Waals surface area contributed by atoms with Crippen LogP contribution in [0.4, 0.5) is 0 Å². The standard InChI is InChI=1S/C11H20N2/c1-8(2)13-7-9-3-4-11(13)6-10(12)5-9/h7-8,10-11H,3-6,12H2,1-2H3. The van der Waals surface area contributed by atoms with Crippen molar-refractivity contribution in [3.05, 3.63) is 11.8 Å². The summed E-state index contributed by atoms with van der Waals surface area (Å²) in [6, 6.07) is 1.74. The highest BCUT2D eigenvalue weighted by Gasteiger charge is 2.29. The molecular formula is C11H20N2. The molecule has 2 N–H and O–H groups in total. The van der Waals surface area contributed by atoms with Gasteiger partial charge in [-0.05, 0) is 45.7 Å². The molecule has 3 aliphatic rings. The molecule has 1 fully saturated rings. The van der Waals surface area contributed by atoms with Crippen LogP contribution in [0.3, 0.4) is 0 Å². The van der Waals surface area contributed by atoms with Gasteiger partial charge in [-0.2, -0.15) is 0 Å². The highest BCUT2D eigenvalue weighted by Crippen LogP contribution is 2.32. The number of nitrogens with two attached hydrogens (primary N) is 1. The topological polar surface area (TPSA) is 29.3 Å². The Balaban J connectivity index is 2.20. The highest BCUT2D eigenvalue weighted by molar-refractivity contribution is 5.13. The molecule has 74 valence electrons. The fourth-order valence-electron chi connectivity index (χ4n) is 2.62. The molecule has 2 aliphatic heterocycles. The van der Waals surface area contributed by atoms with E-state index < -0.39 is 0 Å². The van der Waals surface area contributed by atoms with E-state index in [1.807, 2.05) is 0 Å². The van der Waals surface area contributed by atoms with Gasteiger partial charge in [0.15, 0.2) is 0 Å². The van der Waals surface area contributed by atoms with Crippen LogP contribution in [0.25, 0.3) is 0 Å². The van der Waals surface area contributed by atoms with Crippen LogP contribution in [0.2, 0.25) is 0 Å². The molecule has 0 amide bonds. The summed E-state index contributed by atoms with van der Waals surface area (Å²) in [5, 5.41) is 0. The first-order valence-electron chi connectivity index (χ1n) is 5.39. The van der Waals surface area contributed by atoms with E-state index in [4.69, 9.17) is 5.73 Å². The van der Waals surface area contributed by atoms with Crippen molar-refractivity contribution in [3.63, 3.8) is 0 Å². The van der Waals surface area contributed by atoms with Crippen molar-refractivity contribution in [2.24, 2.45) is 5.73 Å². The van der Waals surface area contributed by atoms with Gasteiger partial charge in [0.2, 0.25) is 0 Å². The summed E-state index contributed by atoms with van der Waals surface area (Å²) in [6.45, 7) is 4.53. The molecule has 1 saturated carbocycles. The van der Waals surface area contributed by atoms with Crippen LogP contribution in [-0.2, 0) is 0 Å². The Labute approximate surface area is 80.8 Å². The van der Waals surface area contributed by atoms with Gasteiger partial charge in [-0.1, -0.05) is 5.57 Å². The normalized spacial score (nSPS) is 33.5. The summed E-state index contributed by atoms with van der Waals surface area (Å²) >= 11 is 0. The SMILES string of the molecule is CC(C)N1C=C2CCC1CC(N)C2. The molecule has 0 aromatic heterocycles. The van der Waals surface area contributed by atoms with Crippen LogP contribution in [0, 0.1) is 0 Å². The molecule has 0 aromatic rings. The zero-order chi connectivity index (χ0) is 9.42. The monoisotopic (exact) mass is 180 g/mol. The Hall–Kier alpha value is -0.500. The molecule has 2 heteroatoms. The van der Waals surface area contributed by atoms with Crippen LogP contribution in [0.15, 0.2) is 11.8 Å². The summed E-state index contributed by atoms with van der Waals surface area (Å²) < 4.78 is 0. The minimum atomic E-state index is 0.405. The third-order valence-electron chi connectivity index (χ3n) is 3.25. The van der Waals surface area contributed by atoms with Gasteiger partial charge in [-0.3, -0.25) is 0 Å². The maximum Gasteiger partial charge on any atom is 0.0305 e. The zero-order valence-electron chi connectivity index (χ0n) is 8.66. The second kappa shape index (κ2) is 3.33. The minimum absolute atomic E-state index is 0.405. The molecular weight excluding hydrogens is 160 g/mol. The van der Waals surface area contributed by atoms with E-state index in [1.54, 1.807) is 5.57 Å².